The first-order valence-electron chi connectivity index (χ1n) is 7.79. The summed E-state index contributed by atoms with van der Waals surface area (Å²) in [6, 6.07) is 6.82. The highest BCUT2D eigenvalue weighted by Gasteiger charge is 2.38. The van der Waals surface area contributed by atoms with Crippen LogP contribution in [0.25, 0.3) is 0 Å². The minimum absolute atomic E-state index is 0.207. The first-order valence-corrected chi connectivity index (χ1v) is 9.18. The Hall–Kier alpha value is -1.07. The van der Waals surface area contributed by atoms with Crippen molar-refractivity contribution in [1.29, 1.82) is 0 Å². The van der Waals surface area contributed by atoms with E-state index in [2.05, 4.69) is 5.32 Å². The van der Waals surface area contributed by atoms with E-state index in [9.17, 15) is 14.3 Å². The second-order valence-corrected chi connectivity index (χ2v) is 6.97. The number of rotatable bonds is 7. The molecule has 0 bridgehead atoms. The van der Waals surface area contributed by atoms with E-state index in [1.54, 1.807) is 17.8 Å². The van der Waals surface area contributed by atoms with Crippen molar-refractivity contribution in [3.8, 4) is 0 Å². The maximum atomic E-state index is 14.2. The van der Waals surface area contributed by atoms with E-state index in [1.807, 2.05) is 18.4 Å². The van der Waals surface area contributed by atoms with Crippen molar-refractivity contribution in [2.75, 3.05) is 18.6 Å². The summed E-state index contributed by atoms with van der Waals surface area (Å²) in [5.74, 6) is 0.186. The number of amides is 1. The summed E-state index contributed by atoms with van der Waals surface area (Å²) in [6.07, 6.45) is 5.23. The summed E-state index contributed by atoms with van der Waals surface area (Å²) >= 11 is 1.60. The molecule has 1 aromatic rings. The quantitative estimate of drug-likeness (QED) is 0.810. The van der Waals surface area contributed by atoms with E-state index in [0.29, 0.717) is 18.5 Å². The average molecular weight is 325 g/mol. The number of hydrogen-bond donors (Lipinski definition) is 2. The smallest absolute Gasteiger partial charge is 0.248 e. The van der Waals surface area contributed by atoms with Crippen LogP contribution in [0, 0.1) is 5.82 Å². The predicted octanol–water partition coefficient (Wildman–Crippen LogP) is 2.87. The maximum Gasteiger partial charge on any atom is 0.248 e. The number of carbonyl (C=O) groups excluding carboxylic acids is 1. The summed E-state index contributed by atoms with van der Waals surface area (Å²) in [4.78, 5) is 12.0. The molecule has 5 heteroatoms. The fourth-order valence-corrected chi connectivity index (χ4v) is 3.68. The minimum atomic E-state index is -0.980. The zero-order valence-corrected chi connectivity index (χ0v) is 13.8. The molecular formula is C17H24FNO2S. The molecule has 3 nitrogen and oxygen atoms in total. The molecule has 2 rings (SSSR count). The summed E-state index contributed by atoms with van der Waals surface area (Å²) < 4.78 is 14.2. The molecule has 22 heavy (non-hydrogen) atoms. The van der Waals surface area contributed by atoms with Crippen LogP contribution in [0.5, 0.6) is 0 Å². The van der Waals surface area contributed by atoms with E-state index in [4.69, 9.17) is 0 Å². The van der Waals surface area contributed by atoms with Crippen LogP contribution in [-0.2, 0) is 10.2 Å². The van der Waals surface area contributed by atoms with Gasteiger partial charge in [-0.25, -0.2) is 4.39 Å². The molecule has 0 saturated heterocycles. The lowest BCUT2D eigenvalue weighted by atomic mass is 9.78. The van der Waals surface area contributed by atoms with Gasteiger partial charge < -0.3 is 10.4 Å². The normalized spacial score (nSPS) is 18.1. The van der Waals surface area contributed by atoms with Crippen LogP contribution in [0.15, 0.2) is 24.3 Å². The van der Waals surface area contributed by atoms with Gasteiger partial charge >= 0.3 is 0 Å². The van der Waals surface area contributed by atoms with Crippen molar-refractivity contribution >= 4 is 17.7 Å². The predicted molar refractivity (Wildman–Crippen MR) is 88.6 cm³/mol. The summed E-state index contributed by atoms with van der Waals surface area (Å²) in [5, 5.41) is 12.7. The molecule has 0 aliphatic heterocycles. The van der Waals surface area contributed by atoms with Crippen LogP contribution in [0.4, 0.5) is 4.39 Å². The Balaban J connectivity index is 2.04. The number of benzene rings is 1. The molecule has 1 amide bonds. The maximum absolute atomic E-state index is 14.2. The van der Waals surface area contributed by atoms with Gasteiger partial charge in [-0.15, -0.1) is 0 Å². The zero-order valence-electron chi connectivity index (χ0n) is 13.0. The highest BCUT2D eigenvalue weighted by atomic mass is 32.2. The number of nitrogens with one attached hydrogen (secondary N) is 1. The van der Waals surface area contributed by atoms with Crippen LogP contribution in [0.3, 0.4) is 0 Å². The number of aliphatic hydroxyl groups is 1. The lowest BCUT2D eigenvalue weighted by Crippen LogP contribution is -2.43. The van der Waals surface area contributed by atoms with Gasteiger partial charge in [0.15, 0.2) is 0 Å². The van der Waals surface area contributed by atoms with Crippen LogP contribution in [-0.4, -0.2) is 35.7 Å². The average Bonchev–Trinajstić information content (AvgIpc) is 3.00. The number of hydrogen-bond acceptors (Lipinski definition) is 3. The van der Waals surface area contributed by atoms with E-state index in [-0.39, 0.29) is 17.1 Å². The third-order valence-corrected chi connectivity index (χ3v) is 5.15. The van der Waals surface area contributed by atoms with Crippen molar-refractivity contribution in [3.05, 3.63) is 35.6 Å². The Morgan fingerprint density at radius 3 is 2.73 bits per heavy atom. The Kier molecular flexibility index (Phi) is 6.26. The fourth-order valence-electron chi connectivity index (χ4n) is 3.22. The number of carbonyl (C=O) groups is 1. The fraction of sp³-hybridized carbons (Fsp3) is 0.588. The lowest BCUT2D eigenvalue weighted by molar-refractivity contribution is -0.129. The van der Waals surface area contributed by atoms with Crippen LogP contribution < -0.4 is 5.32 Å². The van der Waals surface area contributed by atoms with Gasteiger partial charge in [0.05, 0.1) is 0 Å². The molecule has 1 atom stereocenters. The molecular weight excluding hydrogens is 301 g/mol. The molecule has 0 aromatic heterocycles. The standard InChI is InChI=1S/C17H24FNO2S/c1-22-11-8-15(20)16(21)19-12-17(9-4-5-10-17)13-6-2-3-7-14(13)18/h2-3,6-7,15,20H,4-5,8-12H2,1H3,(H,19,21)/t15-/m0/s1. The van der Waals surface area contributed by atoms with Gasteiger partial charge in [-0.05, 0) is 42.9 Å². The van der Waals surface area contributed by atoms with Crippen molar-refractivity contribution in [1.82, 2.24) is 5.32 Å². The molecule has 1 fully saturated rings. The van der Waals surface area contributed by atoms with Crippen molar-refractivity contribution in [3.63, 3.8) is 0 Å². The first-order chi connectivity index (χ1) is 10.6. The van der Waals surface area contributed by atoms with Crippen LogP contribution >= 0.6 is 11.8 Å². The van der Waals surface area contributed by atoms with Crippen molar-refractivity contribution in [2.45, 2.75) is 43.6 Å². The third-order valence-electron chi connectivity index (χ3n) is 4.50. The monoisotopic (exact) mass is 325 g/mol. The molecule has 1 aromatic carbocycles. The molecule has 0 heterocycles. The van der Waals surface area contributed by atoms with Gasteiger partial charge in [-0.1, -0.05) is 31.0 Å². The number of halogens is 1. The minimum Gasteiger partial charge on any atom is -0.383 e. The molecule has 1 aliphatic rings. The van der Waals surface area contributed by atoms with Gasteiger partial charge in [0.2, 0.25) is 5.91 Å². The van der Waals surface area contributed by atoms with Crippen molar-refractivity contribution in [2.24, 2.45) is 0 Å². The highest BCUT2D eigenvalue weighted by molar-refractivity contribution is 7.98. The van der Waals surface area contributed by atoms with Crippen LogP contribution in [0.2, 0.25) is 0 Å². The number of thioether (sulfide) groups is 1. The summed E-state index contributed by atoms with van der Waals surface area (Å²) in [6.45, 7) is 0.392. The van der Waals surface area contributed by atoms with Crippen molar-refractivity contribution < 1.29 is 14.3 Å². The first kappa shape index (κ1) is 17.3. The molecule has 0 spiro atoms. The summed E-state index contributed by atoms with van der Waals surface area (Å²) in [5.41, 5.74) is 0.353. The Bertz CT molecular complexity index is 503. The molecule has 1 aliphatic carbocycles. The number of aliphatic hydroxyl groups excluding tert-OH is 1. The third kappa shape index (κ3) is 4.02. The molecule has 122 valence electrons. The topological polar surface area (TPSA) is 49.3 Å². The Labute approximate surface area is 135 Å². The lowest BCUT2D eigenvalue weighted by Gasteiger charge is -2.30. The van der Waals surface area contributed by atoms with E-state index < -0.39 is 6.10 Å². The molecule has 0 radical (unpaired) electrons. The van der Waals surface area contributed by atoms with Gasteiger partial charge in [0.1, 0.15) is 11.9 Å². The molecule has 1 saturated carbocycles. The molecule has 0 unspecified atom stereocenters. The largest absolute Gasteiger partial charge is 0.383 e. The van der Waals surface area contributed by atoms with Gasteiger partial charge in [0.25, 0.3) is 0 Å². The highest BCUT2D eigenvalue weighted by Crippen LogP contribution is 2.41. The Morgan fingerprint density at radius 2 is 2.09 bits per heavy atom. The van der Waals surface area contributed by atoms with E-state index >= 15 is 0 Å². The van der Waals surface area contributed by atoms with E-state index in [0.717, 1.165) is 31.4 Å². The molecule has 2 N–H and O–H groups in total. The van der Waals surface area contributed by atoms with E-state index in [1.165, 1.54) is 6.07 Å². The Morgan fingerprint density at radius 1 is 1.41 bits per heavy atom. The second kappa shape index (κ2) is 7.97. The van der Waals surface area contributed by atoms with Gasteiger partial charge in [-0.3, -0.25) is 4.79 Å². The van der Waals surface area contributed by atoms with Crippen LogP contribution in [0.1, 0.15) is 37.7 Å². The summed E-state index contributed by atoms with van der Waals surface area (Å²) in [7, 11) is 0. The SMILES string of the molecule is CSCC[C@H](O)C(=O)NCC1(c2ccccc2F)CCCC1. The van der Waals surface area contributed by atoms with Gasteiger partial charge in [-0.2, -0.15) is 11.8 Å². The van der Waals surface area contributed by atoms with Gasteiger partial charge in [0, 0.05) is 12.0 Å². The zero-order chi connectivity index (χ0) is 16.0. The second-order valence-electron chi connectivity index (χ2n) is 5.98.